The SMILES string of the molecule is COc1ccc(C=Nc2ccc3cc4ccc(N=Cc5ccc(OC)c6ccccc56)cc4nc3c2)c2ccccc12. The molecule has 0 N–H and O–H groups in total. The molecule has 0 aliphatic carbocycles. The topological polar surface area (TPSA) is 56.1 Å². The number of fused-ring (bicyclic) bond motifs is 4. The first-order chi connectivity index (χ1) is 20.7. The lowest BCUT2D eigenvalue weighted by molar-refractivity contribution is 0.419. The molecule has 1 heterocycles. The summed E-state index contributed by atoms with van der Waals surface area (Å²) in [6, 6.07) is 38.8. The second kappa shape index (κ2) is 10.8. The van der Waals surface area contributed by atoms with Crippen molar-refractivity contribution < 1.29 is 9.47 Å². The number of pyridine rings is 1. The van der Waals surface area contributed by atoms with Crippen LogP contribution < -0.4 is 9.47 Å². The zero-order valence-electron chi connectivity index (χ0n) is 23.3. The van der Waals surface area contributed by atoms with Crippen molar-refractivity contribution in [1.29, 1.82) is 0 Å². The van der Waals surface area contributed by atoms with Crippen LogP contribution in [-0.2, 0) is 0 Å². The summed E-state index contributed by atoms with van der Waals surface area (Å²) in [7, 11) is 3.39. The molecule has 0 radical (unpaired) electrons. The predicted molar refractivity (Wildman–Crippen MR) is 175 cm³/mol. The molecule has 7 aromatic rings. The van der Waals surface area contributed by atoms with Crippen LogP contribution in [0.25, 0.3) is 43.4 Å². The number of aromatic nitrogens is 1. The highest BCUT2D eigenvalue weighted by Gasteiger charge is 2.07. The van der Waals surface area contributed by atoms with Crippen molar-refractivity contribution in [2.75, 3.05) is 14.2 Å². The van der Waals surface area contributed by atoms with E-state index >= 15 is 0 Å². The summed E-state index contributed by atoms with van der Waals surface area (Å²) in [5.41, 5.74) is 5.53. The molecular weight excluding hydrogens is 518 g/mol. The Kier molecular flexibility index (Phi) is 6.53. The van der Waals surface area contributed by atoms with E-state index in [4.69, 9.17) is 24.4 Å². The average molecular weight is 546 g/mol. The van der Waals surface area contributed by atoms with Gasteiger partial charge in [-0.15, -0.1) is 0 Å². The van der Waals surface area contributed by atoms with Gasteiger partial charge in [0.2, 0.25) is 0 Å². The molecule has 202 valence electrons. The van der Waals surface area contributed by atoms with Gasteiger partial charge in [0.05, 0.1) is 36.6 Å². The fourth-order valence-electron chi connectivity index (χ4n) is 5.42. The van der Waals surface area contributed by atoms with Crippen molar-refractivity contribution in [2.45, 2.75) is 0 Å². The van der Waals surface area contributed by atoms with E-state index in [0.717, 1.165) is 77.4 Å². The Bertz CT molecular complexity index is 2030. The Morgan fingerprint density at radius 3 is 1.40 bits per heavy atom. The highest BCUT2D eigenvalue weighted by molar-refractivity contribution is 6.04. The Hall–Kier alpha value is -5.55. The van der Waals surface area contributed by atoms with E-state index in [1.807, 2.05) is 85.2 Å². The van der Waals surface area contributed by atoms with E-state index in [0.29, 0.717) is 0 Å². The van der Waals surface area contributed by atoms with Gasteiger partial charge in [0.15, 0.2) is 0 Å². The number of hydrogen-bond donors (Lipinski definition) is 0. The normalized spacial score (nSPS) is 11.9. The number of benzene rings is 6. The van der Waals surface area contributed by atoms with Crippen LogP contribution in [0.1, 0.15) is 11.1 Å². The first-order valence-electron chi connectivity index (χ1n) is 13.7. The number of nitrogens with zero attached hydrogens (tertiary/aromatic N) is 3. The molecule has 1 aromatic heterocycles. The van der Waals surface area contributed by atoms with Gasteiger partial charge in [0.25, 0.3) is 0 Å². The molecule has 0 atom stereocenters. The highest BCUT2D eigenvalue weighted by atomic mass is 16.5. The number of hydrogen-bond acceptors (Lipinski definition) is 5. The molecule has 0 bridgehead atoms. The van der Waals surface area contributed by atoms with Gasteiger partial charge in [-0.05, 0) is 65.4 Å². The lowest BCUT2D eigenvalue weighted by Gasteiger charge is -2.08. The lowest BCUT2D eigenvalue weighted by atomic mass is 10.0. The van der Waals surface area contributed by atoms with Crippen molar-refractivity contribution in [3.05, 3.63) is 126 Å². The van der Waals surface area contributed by atoms with Gasteiger partial charge in [-0.1, -0.05) is 60.7 Å². The van der Waals surface area contributed by atoms with Crippen LogP contribution in [0.5, 0.6) is 11.5 Å². The van der Waals surface area contributed by atoms with E-state index in [-0.39, 0.29) is 0 Å². The second-order valence-electron chi connectivity index (χ2n) is 10.1. The summed E-state index contributed by atoms with van der Waals surface area (Å²) in [6.07, 6.45) is 3.80. The molecule has 0 aliphatic heterocycles. The van der Waals surface area contributed by atoms with Gasteiger partial charge in [-0.25, -0.2) is 4.98 Å². The zero-order valence-corrected chi connectivity index (χ0v) is 23.3. The van der Waals surface area contributed by atoms with E-state index in [9.17, 15) is 0 Å². The zero-order chi connectivity index (χ0) is 28.5. The fraction of sp³-hybridized carbons (Fsp3) is 0.0541. The Morgan fingerprint density at radius 1 is 0.500 bits per heavy atom. The number of methoxy groups -OCH3 is 2. The van der Waals surface area contributed by atoms with Crippen molar-refractivity contribution in [3.8, 4) is 11.5 Å². The van der Waals surface area contributed by atoms with Crippen LogP contribution in [0, 0.1) is 0 Å². The Balaban J connectivity index is 1.21. The minimum atomic E-state index is 0.842. The minimum absolute atomic E-state index is 0.842. The maximum absolute atomic E-state index is 5.53. The van der Waals surface area contributed by atoms with Crippen molar-refractivity contribution in [3.63, 3.8) is 0 Å². The van der Waals surface area contributed by atoms with Gasteiger partial charge >= 0.3 is 0 Å². The standard InChI is InChI=1S/C37H27N3O2/c1-41-36-17-13-26(30-7-3-5-9-32(30)36)22-38-28-15-11-24-19-25-12-16-29(21-35(25)40-34(24)20-28)39-23-27-14-18-37(42-2)33-10-6-4-8-31(27)33/h3-23H,1-2H3. The van der Waals surface area contributed by atoms with Gasteiger partial charge < -0.3 is 9.47 Å². The number of rotatable bonds is 6. The van der Waals surface area contributed by atoms with Crippen molar-refractivity contribution in [1.82, 2.24) is 4.98 Å². The van der Waals surface area contributed by atoms with Gasteiger partial charge in [-0.3, -0.25) is 9.98 Å². The molecule has 5 nitrogen and oxygen atoms in total. The van der Waals surface area contributed by atoms with Crippen molar-refractivity contribution in [2.24, 2.45) is 9.98 Å². The number of aliphatic imine (C=N–C) groups is 2. The third-order valence-electron chi connectivity index (χ3n) is 7.56. The molecule has 6 aromatic carbocycles. The minimum Gasteiger partial charge on any atom is -0.496 e. The van der Waals surface area contributed by atoms with Crippen LogP contribution in [0.15, 0.2) is 125 Å². The van der Waals surface area contributed by atoms with Crippen LogP contribution >= 0.6 is 0 Å². The third-order valence-corrected chi connectivity index (χ3v) is 7.56. The van der Waals surface area contributed by atoms with Gasteiger partial charge in [0, 0.05) is 45.1 Å². The van der Waals surface area contributed by atoms with E-state index in [1.165, 1.54) is 0 Å². The summed E-state index contributed by atoms with van der Waals surface area (Å²) in [5, 5.41) is 6.46. The van der Waals surface area contributed by atoms with Crippen LogP contribution in [0.4, 0.5) is 11.4 Å². The first-order valence-corrected chi connectivity index (χ1v) is 13.7. The molecule has 42 heavy (non-hydrogen) atoms. The van der Waals surface area contributed by atoms with Crippen LogP contribution in [-0.4, -0.2) is 31.6 Å². The largest absolute Gasteiger partial charge is 0.496 e. The van der Waals surface area contributed by atoms with Crippen LogP contribution in [0.2, 0.25) is 0 Å². The monoisotopic (exact) mass is 545 g/mol. The quantitative estimate of drug-likeness (QED) is 0.155. The average Bonchev–Trinajstić information content (AvgIpc) is 3.04. The Labute approximate surface area is 243 Å². The van der Waals surface area contributed by atoms with Crippen LogP contribution in [0.3, 0.4) is 0 Å². The third kappa shape index (κ3) is 4.71. The maximum Gasteiger partial charge on any atom is 0.126 e. The summed E-state index contributed by atoms with van der Waals surface area (Å²) < 4.78 is 11.1. The van der Waals surface area contributed by atoms with Gasteiger partial charge in [-0.2, -0.15) is 0 Å². The molecular formula is C37H27N3O2. The molecule has 0 unspecified atom stereocenters. The smallest absolute Gasteiger partial charge is 0.126 e. The summed E-state index contributed by atoms with van der Waals surface area (Å²) in [6.45, 7) is 0. The lowest BCUT2D eigenvalue weighted by Crippen LogP contribution is -1.89. The van der Waals surface area contributed by atoms with Crippen molar-refractivity contribution >= 4 is 67.2 Å². The second-order valence-corrected chi connectivity index (χ2v) is 10.1. The summed E-state index contributed by atoms with van der Waals surface area (Å²) in [4.78, 5) is 14.6. The highest BCUT2D eigenvalue weighted by Crippen LogP contribution is 2.31. The van der Waals surface area contributed by atoms with E-state index in [1.54, 1.807) is 14.2 Å². The molecule has 0 spiro atoms. The molecule has 0 aliphatic rings. The van der Waals surface area contributed by atoms with E-state index < -0.39 is 0 Å². The molecule has 0 amide bonds. The first kappa shape index (κ1) is 25.4. The predicted octanol–water partition coefficient (Wildman–Crippen LogP) is 9.21. The summed E-state index contributed by atoms with van der Waals surface area (Å²) in [5.74, 6) is 1.70. The molecule has 5 heteroatoms. The summed E-state index contributed by atoms with van der Waals surface area (Å²) >= 11 is 0. The molecule has 7 rings (SSSR count). The number of ether oxygens (including phenoxy) is 2. The Morgan fingerprint density at radius 2 is 0.952 bits per heavy atom. The van der Waals surface area contributed by atoms with Gasteiger partial charge in [0.1, 0.15) is 11.5 Å². The van der Waals surface area contributed by atoms with E-state index in [2.05, 4.69) is 42.5 Å². The maximum atomic E-state index is 5.53. The molecule has 0 saturated carbocycles. The molecule has 0 saturated heterocycles. The fourth-order valence-corrected chi connectivity index (χ4v) is 5.42. The molecule has 0 fully saturated rings.